The molecule has 1 radical (unpaired) electrons. The molecule has 0 spiro atoms. The van der Waals surface area contributed by atoms with E-state index in [1.165, 1.54) is 0 Å². The minimum Gasteiger partial charge on any atom is -0.475 e. The van der Waals surface area contributed by atoms with E-state index in [1.54, 1.807) is 6.26 Å². The molecule has 0 amide bonds. The Morgan fingerprint density at radius 3 is 3.00 bits per heavy atom. The lowest BCUT2D eigenvalue weighted by molar-refractivity contribution is 0.599. The molecule has 0 saturated carbocycles. The summed E-state index contributed by atoms with van der Waals surface area (Å²) < 4.78 is 5.15. The number of hydrogen-bond donors (Lipinski definition) is 0. The first kappa shape index (κ1) is 6.90. The molecule has 3 heteroatoms. The minimum atomic E-state index is -0.565. The molecule has 0 saturated heterocycles. The molecule has 1 rings (SSSR count). The zero-order valence-corrected chi connectivity index (χ0v) is 6.98. The Morgan fingerprint density at radius 2 is 2.56 bits per heavy atom. The maximum atomic E-state index is 5.63. The van der Waals surface area contributed by atoms with Gasteiger partial charge >= 0.3 is 0 Å². The van der Waals surface area contributed by atoms with Crippen LogP contribution in [0.25, 0.3) is 0 Å². The summed E-state index contributed by atoms with van der Waals surface area (Å²) in [6.45, 7) is 2.14. The van der Waals surface area contributed by atoms with Crippen molar-refractivity contribution in [3.05, 3.63) is 18.4 Å². The topological polar surface area (TPSA) is 13.1 Å². The second kappa shape index (κ2) is 3.08. The Hall–Kier alpha value is -0.213. The Kier molecular flexibility index (Phi) is 2.36. The van der Waals surface area contributed by atoms with Crippen molar-refractivity contribution in [1.82, 2.24) is 0 Å². The fourth-order valence-corrected chi connectivity index (χ4v) is 1.76. The van der Waals surface area contributed by atoms with Gasteiger partial charge in [0, 0.05) is 5.50 Å². The van der Waals surface area contributed by atoms with Crippen molar-refractivity contribution in [3.8, 4) is 0 Å². The van der Waals surface area contributed by atoms with Gasteiger partial charge in [-0.15, -0.1) is 11.6 Å². The van der Waals surface area contributed by atoms with E-state index >= 15 is 0 Å². The highest BCUT2D eigenvalue weighted by atomic mass is 35.5. The van der Waals surface area contributed by atoms with Gasteiger partial charge in [-0.05, 0) is 12.1 Å². The lowest BCUT2D eigenvalue weighted by Crippen LogP contribution is -2.26. The van der Waals surface area contributed by atoms with Crippen molar-refractivity contribution >= 4 is 25.8 Å². The SMILES string of the molecule is C[Si](CCl)c1ccco1. The molecular formula is C6H8ClOSi. The van der Waals surface area contributed by atoms with Crippen LogP contribution in [0, 0.1) is 0 Å². The number of halogens is 1. The van der Waals surface area contributed by atoms with E-state index in [-0.39, 0.29) is 0 Å². The monoisotopic (exact) mass is 159 g/mol. The molecule has 1 nitrogen and oxygen atoms in total. The van der Waals surface area contributed by atoms with E-state index in [2.05, 4.69) is 6.55 Å². The molecular weight excluding hydrogens is 152 g/mol. The Balaban J connectivity index is 2.65. The maximum Gasteiger partial charge on any atom is 0.146 e. The van der Waals surface area contributed by atoms with Gasteiger partial charge in [-0.1, -0.05) is 6.55 Å². The van der Waals surface area contributed by atoms with Crippen molar-refractivity contribution < 1.29 is 4.42 Å². The molecule has 1 heterocycles. The molecule has 0 unspecified atom stereocenters. The van der Waals surface area contributed by atoms with Crippen LogP contribution in [0.1, 0.15) is 0 Å². The molecule has 1 aromatic rings. The van der Waals surface area contributed by atoms with E-state index in [1.807, 2.05) is 12.1 Å². The molecule has 0 aliphatic heterocycles. The quantitative estimate of drug-likeness (QED) is 0.470. The first-order valence-corrected chi connectivity index (χ1v) is 5.51. The molecule has 1 aromatic heterocycles. The largest absolute Gasteiger partial charge is 0.475 e. The third-order valence-corrected chi connectivity index (χ3v) is 3.87. The predicted molar refractivity (Wildman–Crippen MR) is 40.7 cm³/mol. The van der Waals surface area contributed by atoms with Crippen molar-refractivity contribution in [2.24, 2.45) is 0 Å². The highest BCUT2D eigenvalue weighted by molar-refractivity contribution is 6.76. The van der Waals surface area contributed by atoms with Gasteiger partial charge in [-0.3, -0.25) is 0 Å². The summed E-state index contributed by atoms with van der Waals surface area (Å²) in [6.07, 6.45) is 1.69. The first-order chi connectivity index (χ1) is 4.34. The van der Waals surface area contributed by atoms with Crippen LogP contribution >= 0.6 is 11.6 Å². The van der Waals surface area contributed by atoms with Crippen LogP contribution in [-0.4, -0.2) is 14.3 Å². The van der Waals surface area contributed by atoms with E-state index in [0.717, 1.165) is 10.9 Å². The van der Waals surface area contributed by atoms with E-state index in [0.29, 0.717) is 0 Å². The fraction of sp³-hybridized carbons (Fsp3) is 0.333. The summed E-state index contributed by atoms with van der Waals surface area (Å²) >= 11 is 5.63. The van der Waals surface area contributed by atoms with Crippen LogP contribution in [0.4, 0.5) is 0 Å². The molecule has 49 valence electrons. The molecule has 0 N–H and O–H groups in total. The van der Waals surface area contributed by atoms with Crippen molar-refractivity contribution in [2.45, 2.75) is 6.55 Å². The third-order valence-electron chi connectivity index (χ3n) is 1.14. The molecule has 9 heavy (non-hydrogen) atoms. The summed E-state index contributed by atoms with van der Waals surface area (Å²) in [7, 11) is -0.565. The van der Waals surface area contributed by atoms with Crippen molar-refractivity contribution in [1.29, 1.82) is 0 Å². The predicted octanol–water partition coefficient (Wildman–Crippen LogP) is 1.39. The standard InChI is InChI=1S/C6H8ClOSi/c1-9(5-7)6-3-2-4-8-6/h2-4H,5H2,1H3. The van der Waals surface area contributed by atoms with Crippen LogP contribution in [0.2, 0.25) is 6.55 Å². The summed E-state index contributed by atoms with van der Waals surface area (Å²) in [6, 6.07) is 3.88. The Labute approximate surface area is 61.2 Å². The third kappa shape index (κ3) is 1.59. The van der Waals surface area contributed by atoms with E-state index < -0.39 is 8.80 Å². The average molecular weight is 160 g/mol. The zero-order valence-electron chi connectivity index (χ0n) is 5.23. The van der Waals surface area contributed by atoms with Crippen LogP contribution in [0.5, 0.6) is 0 Å². The fourth-order valence-electron chi connectivity index (χ4n) is 0.587. The van der Waals surface area contributed by atoms with Gasteiger partial charge in [-0.25, -0.2) is 0 Å². The number of hydrogen-bond acceptors (Lipinski definition) is 1. The van der Waals surface area contributed by atoms with Crippen LogP contribution in [0.15, 0.2) is 22.8 Å². The smallest absolute Gasteiger partial charge is 0.146 e. The first-order valence-electron chi connectivity index (χ1n) is 2.77. The lowest BCUT2D eigenvalue weighted by Gasteiger charge is -1.96. The molecule has 0 aliphatic carbocycles. The van der Waals surface area contributed by atoms with Crippen molar-refractivity contribution in [2.75, 3.05) is 5.50 Å². The molecule has 0 bridgehead atoms. The minimum absolute atomic E-state index is 0.565. The highest BCUT2D eigenvalue weighted by Gasteiger charge is 2.07. The second-order valence-corrected chi connectivity index (χ2v) is 5.01. The highest BCUT2D eigenvalue weighted by Crippen LogP contribution is 1.90. The van der Waals surface area contributed by atoms with Crippen LogP contribution < -0.4 is 5.38 Å². The second-order valence-electron chi connectivity index (χ2n) is 1.89. The summed E-state index contributed by atoms with van der Waals surface area (Å²) in [5, 5.41) is 1.06. The average Bonchev–Trinajstić information content (AvgIpc) is 2.37. The van der Waals surface area contributed by atoms with Gasteiger partial charge in [0.25, 0.3) is 0 Å². The van der Waals surface area contributed by atoms with Gasteiger partial charge < -0.3 is 4.42 Å². The van der Waals surface area contributed by atoms with E-state index in [4.69, 9.17) is 16.0 Å². The number of rotatable bonds is 2. The lowest BCUT2D eigenvalue weighted by atomic mass is 10.7. The van der Waals surface area contributed by atoms with E-state index in [9.17, 15) is 0 Å². The van der Waals surface area contributed by atoms with Crippen LogP contribution in [0.3, 0.4) is 0 Å². The van der Waals surface area contributed by atoms with Crippen LogP contribution in [-0.2, 0) is 0 Å². The molecule has 0 atom stereocenters. The Bertz CT molecular complexity index is 162. The van der Waals surface area contributed by atoms with Gasteiger partial charge in [0.1, 0.15) is 8.80 Å². The number of furan rings is 1. The summed E-state index contributed by atoms with van der Waals surface area (Å²) in [5.41, 5.74) is 0.720. The van der Waals surface area contributed by atoms with Gasteiger partial charge in [0.15, 0.2) is 0 Å². The van der Waals surface area contributed by atoms with Crippen molar-refractivity contribution in [3.63, 3.8) is 0 Å². The normalized spacial score (nSPS) is 10.6. The van der Waals surface area contributed by atoms with Gasteiger partial charge in [0.05, 0.1) is 11.6 Å². The zero-order chi connectivity index (χ0) is 6.69. The summed E-state index contributed by atoms with van der Waals surface area (Å²) in [5.74, 6) is 0. The van der Waals surface area contributed by atoms with Gasteiger partial charge in [0.2, 0.25) is 0 Å². The van der Waals surface area contributed by atoms with Gasteiger partial charge in [-0.2, -0.15) is 0 Å². The molecule has 0 fully saturated rings. The Morgan fingerprint density at radius 1 is 1.78 bits per heavy atom. The molecule has 0 aliphatic rings. The summed E-state index contributed by atoms with van der Waals surface area (Å²) in [4.78, 5) is 0. The number of alkyl halides is 1. The maximum absolute atomic E-state index is 5.63. The molecule has 0 aromatic carbocycles.